The first-order valence-electron chi connectivity index (χ1n) is 9.54. The molecule has 28 heavy (non-hydrogen) atoms. The summed E-state index contributed by atoms with van der Waals surface area (Å²) in [7, 11) is 0. The lowest BCUT2D eigenvalue weighted by atomic mass is 9.90. The lowest BCUT2D eigenvalue weighted by Gasteiger charge is -2.14. The minimum Gasteiger partial charge on any atom is -0.456 e. The Kier molecular flexibility index (Phi) is 4.06. The van der Waals surface area contributed by atoms with E-state index in [0.29, 0.717) is 0 Å². The normalized spacial score (nSPS) is 12.3. The first-order chi connectivity index (χ1) is 13.8. The number of benzene rings is 4. The van der Waals surface area contributed by atoms with Crippen molar-refractivity contribution in [3.8, 4) is 0 Å². The van der Waals surface area contributed by atoms with Crippen molar-refractivity contribution in [3.63, 3.8) is 0 Å². The van der Waals surface area contributed by atoms with Crippen LogP contribution in [0.5, 0.6) is 0 Å². The van der Waals surface area contributed by atoms with E-state index in [4.69, 9.17) is 4.42 Å². The van der Waals surface area contributed by atoms with Crippen molar-refractivity contribution in [3.05, 3.63) is 120 Å². The van der Waals surface area contributed by atoms with E-state index in [1.165, 1.54) is 27.8 Å². The molecule has 5 aromatic rings. The van der Waals surface area contributed by atoms with Gasteiger partial charge in [0.25, 0.3) is 0 Å². The van der Waals surface area contributed by atoms with Gasteiger partial charge >= 0.3 is 0 Å². The highest BCUT2D eigenvalue weighted by Crippen LogP contribution is 2.36. The monoisotopic (exact) mass is 360 g/mol. The zero-order valence-corrected chi connectivity index (χ0v) is 15.7. The van der Waals surface area contributed by atoms with Crippen LogP contribution in [0, 0.1) is 0 Å². The molecule has 1 heteroatoms. The van der Waals surface area contributed by atoms with Gasteiger partial charge in [0.2, 0.25) is 0 Å². The number of allylic oxidation sites excluding steroid dienone is 1. The summed E-state index contributed by atoms with van der Waals surface area (Å²) in [5.74, 6) is 0. The van der Waals surface area contributed by atoms with Crippen molar-refractivity contribution < 1.29 is 4.42 Å². The molecule has 0 aliphatic rings. The summed E-state index contributed by atoms with van der Waals surface area (Å²) < 4.78 is 6.02. The topological polar surface area (TPSA) is 13.1 Å². The first-order valence-corrected chi connectivity index (χ1v) is 9.54. The number of hydrogen-bond acceptors (Lipinski definition) is 1. The van der Waals surface area contributed by atoms with Gasteiger partial charge in [-0.15, -0.1) is 0 Å². The molecule has 1 heterocycles. The summed E-state index contributed by atoms with van der Waals surface area (Å²) in [6.07, 6.45) is 0. The molecular weight excluding hydrogens is 340 g/mol. The van der Waals surface area contributed by atoms with Crippen molar-refractivity contribution >= 4 is 33.1 Å². The Labute approximate surface area is 164 Å². The second kappa shape index (κ2) is 6.86. The van der Waals surface area contributed by atoms with Gasteiger partial charge in [0.05, 0.1) is 0 Å². The highest BCUT2D eigenvalue weighted by atomic mass is 16.3. The lowest BCUT2D eigenvalue weighted by molar-refractivity contribution is 0.669. The smallest absolute Gasteiger partial charge is 0.135 e. The standard InChI is InChI=1S/C27H20O/c1-19(20-10-4-2-5-11-20)27(21-12-6-3-7-13-21)22-16-17-26-24(18-22)23-14-8-9-15-25(23)28-26/h2-18H,1H3/b27-19-. The zero-order valence-electron chi connectivity index (χ0n) is 15.7. The van der Waals surface area contributed by atoms with Crippen LogP contribution in [0.1, 0.15) is 23.6 Å². The summed E-state index contributed by atoms with van der Waals surface area (Å²) in [5.41, 5.74) is 8.02. The average Bonchev–Trinajstić information content (AvgIpc) is 3.13. The van der Waals surface area contributed by atoms with E-state index >= 15 is 0 Å². The molecule has 0 spiro atoms. The SMILES string of the molecule is C/C(=C(\c1ccccc1)c1ccc2oc3ccccc3c2c1)c1ccccc1. The lowest BCUT2D eigenvalue weighted by Crippen LogP contribution is -1.93. The molecule has 0 aliphatic heterocycles. The molecule has 134 valence electrons. The molecule has 0 radical (unpaired) electrons. The van der Waals surface area contributed by atoms with Crippen molar-refractivity contribution in [1.29, 1.82) is 0 Å². The second-order valence-corrected chi connectivity index (χ2v) is 7.04. The molecule has 1 aromatic heterocycles. The molecule has 0 aliphatic carbocycles. The highest BCUT2D eigenvalue weighted by molar-refractivity contribution is 6.07. The number of hydrogen-bond donors (Lipinski definition) is 0. The van der Waals surface area contributed by atoms with Gasteiger partial charge in [-0.1, -0.05) is 84.9 Å². The molecule has 1 nitrogen and oxygen atoms in total. The van der Waals surface area contributed by atoms with E-state index in [2.05, 4.69) is 97.9 Å². The quantitative estimate of drug-likeness (QED) is 0.302. The molecular formula is C27H20O. The maximum atomic E-state index is 6.02. The molecule has 0 unspecified atom stereocenters. The van der Waals surface area contributed by atoms with Crippen LogP contribution >= 0.6 is 0 Å². The predicted molar refractivity (Wildman–Crippen MR) is 118 cm³/mol. The van der Waals surface area contributed by atoms with Gasteiger partial charge in [-0.3, -0.25) is 0 Å². The van der Waals surface area contributed by atoms with Crippen LogP contribution in [0.2, 0.25) is 0 Å². The van der Waals surface area contributed by atoms with Gasteiger partial charge in [0.15, 0.2) is 0 Å². The Morgan fingerprint density at radius 1 is 0.536 bits per heavy atom. The molecule has 0 bridgehead atoms. The van der Waals surface area contributed by atoms with E-state index in [-0.39, 0.29) is 0 Å². The molecule has 0 saturated heterocycles. The van der Waals surface area contributed by atoms with E-state index in [1.54, 1.807) is 0 Å². The Bertz CT molecular complexity index is 1290. The Balaban J connectivity index is 1.79. The fourth-order valence-electron chi connectivity index (χ4n) is 3.92. The van der Waals surface area contributed by atoms with Gasteiger partial charge in [0.1, 0.15) is 11.2 Å². The van der Waals surface area contributed by atoms with Crippen molar-refractivity contribution in [1.82, 2.24) is 0 Å². The van der Waals surface area contributed by atoms with Crippen LogP contribution in [0.3, 0.4) is 0 Å². The number of rotatable bonds is 3. The Morgan fingerprint density at radius 2 is 1.14 bits per heavy atom. The number of para-hydroxylation sites is 1. The van der Waals surface area contributed by atoms with Crippen LogP contribution in [-0.4, -0.2) is 0 Å². The zero-order chi connectivity index (χ0) is 18.9. The third kappa shape index (κ3) is 2.82. The maximum Gasteiger partial charge on any atom is 0.135 e. The summed E-state index contributed by atoms with van der Waals surface area (Å²) >= 11 is 0. The molecule has 5 rings (SSSR count). The average molecular weight is 360 g/mol. The minimum atomic E-state index is 0.926. The first kappa shape index (κ1) is 16.6. The largest absolute Gasteiger partial charge is 0.456 e. The van der Waals surface area contributed by atoms with Gasteiger partial charge < -0.3 is 4.42 Å². The van der Waals surface area contributed by atoms with E-state index in [1.807, 2.05) is 12.1 Å². The third-order valence-electron chi connectivity index (χ3n) is 5.31. The summed E-state index contributed by atoms with van der Waals surface area (Å²) in [6.45, 7) is 2.20. The molecule has 0 fully saturated rings. The molecule has 0 amide bonds. The third-order valence-corrected chi connectivity index (χ3v) is 5.31. The van der Waals surface area contributed by atoms with Gasteiger partial charge in [0, 0.05) is 10.8 Å². The fraction of sp³-hybridized carbons (Fsp3) is 0.0370. The Morgan fingerprint density at radius 3 is 1.89 bits per heavy atom. The van der Waals surface area contributed by atoms with Crippen LogP contribution in [0.4, 0.5) is 0 Å². The molecule has 0 saturated carbocycles. The molecule has 0 atom stereocenters. The van der Waals surface area contributed by atoms with E-state index < -0.39 is 0 Å². The second-order valence-electron chi connectivity index (χ2n) is 7.04. The highest BCUT2D eigenvalue weighted by Gasteiger charge is 2.13. The van der Waals surface area contributed by atoms with Crippen molar-refractivity contribution in [2.75, 3.05) is 0 Å². The fourth-order valence-corrected chi connectivity index (χ4v) is 3.92. The maximum absolute atomic E-state index is 6.02. The molecule has 4 aromatic carbocycles. The van der Waals surface area contributed by atoms with Crippen LogP contribution < -0.4 is 0 Å². The van der Waals surface area contributed by atoms with Gasteiger partial charge in [-0.2, -0.15) is 0 Å². The van der Waals surface area contributed by atoms with E-state index in [9.17, 15) is 0 Å². The van der Waals surface area contributed by atoms with Gasteiger partial charge in [-0.05, 0) is 53.0 Å². The summed E-state index contributed by atoms with van der Waals surface area (Å²) in [5, 5.41) is 2.31. The van der Waals surface area contributed by atoms with Crippen LogP contribution in [0.15, 0.2) is 108 Å². The van der Waals surface area contributed by atoms with Crippen molar-refractivity contribution in [2.24, 2.45) is 0 Å². The minimum absolute atomic E-state index is 0.926. The Hall–Kier alpha value is -3.58. The van der Waals surface area contributed by atoms with Crippen LogP contribution in [-0.2, 0) is 0 Å². The number of furan rings is 1. The summed E-state index contributed by atoms with van der Waals surface area (Å²) in [4.78, 5) is 0. The number of fused-ring (bicyclic) bond motifs is 3. The summed E-state index contributed by atoms with van der Waals surface area (Å²) in [6, 6.07) is 35.9. The van der Waals surface area contributed by atoms with Crippen molar-refractivity contribution in [2.45, 2.75) is 6.92 Å². The van der Waals surface area contributed by atoms with E-state index in [0.717, 1.165) is 21.9 Å². The van der Waals surface area contributed by atoms with Crippen LogP contribution in [0.25, 0.3) is 33.1 Å². The molecule has 0 N–H and O–H groups in total. The van der Waals surface area contributed by atoms with Gasteiger partial charge in [-0.25, -0.2) is 0 Å². The predicted octanol–water partition coefficient (Wildman–Crippen LogP) is 7.57.